The number of hydrogen-bond acceptors (Lipinski definition) is 5. The van der Waals surface area contributed by atoms with Crippen LogP contribution in [0.25, 0.3) is 6.08 Å². The molecular formula is C28H33Cl2N5O2. The molecule has 37 heavy (non-hydrogen) atoms. The van der Waals surface area contributed by atoms with Crippen molar-refractivity contribution >= 4 is 52.9 Å². The van der Waals surface area contributed by atoms with Crippen LogP contribution in [0.15, 0.2) is 64.4 Å². The summed E-state index contributed by atoms with van der Waals surface area (Å²) in [5.74, 6) is 0. The molecule has 9 heteroatoms. The number of morpholine rings is 1. The third kappa shape index (κ3) is 7.06. The summed E-state index contributed by atoms with van der Waals surface area (Å²) < 4.78 is 5.58. The monoisotopic (exact) mass is 541 g/mol. The van der Waals surface area contributed by atoms with E-state index in [2.05, 4.69) is 69.8 Å². The number of hydrazone groups is 1. The zero-order valence-corrected chi connectivity index (χ0v) is 22.8. The molecule has 1 aliphatic carbocycles. The molecule has 1 heterocycles. The van der Waals surface area contributed by atoms with Crippen molar-refractivity contribution in [2.45, 2.75) is 26.7 Å². The van der Waals surface area contributed by atoms with Gasteiger partial charge >= 0.3 is 6.03 Å². The largest absolute Gasteiger partial charge is 0.378 e. The van der Waals surface area contributed by atoms with Crippen molar-refractivity contribution in [1.82, 2.24) is 10.3 Å². The number of carbonyl (C=O) groups is 1. The standard InChI is InChI=1S/C28H33Cl2N5O2/c1-3-34(4-2)24-10-5-20(6-11-24)17-21-7-8-22(27(21)35-13-15-37-16-14-35)19-31-33-28(36)32-23-9-12-25(29)26(30)18-23/h5-6,9-12,17-19H,3-4,7-8,13-16H2,1-2H3,(H2,32,33,36)/b21-17+,31-19+. The van der Waals surface area contributed by atoms with Crippen molar-refractivity contribution in [3.63, 3.8) is 0 Å². The number of nitrogens with zero attached hydrogens (tertiary/aromatic N) is 3. The van der Waals surface area contributed by atoms with Crippen molar-refractivity contribution in [1.29, 1.82) is 0 Å². The summed E-state index contributed by atoms with van der Waals surface area (Å²) in [7, 11) is 0. The Hall–Kier alpha value is -3.00. The van der Waals surface area contributed by atoms with Gasteiger partial charge in [0.2, 0.25) is 0 Å². The Morgan fingerprint density at radius 3 is 2.46 bits per heavy atom. The van der Waals surface area contributed by atoms with Crippen LogP contribution in [-0.2, 0) is 4.74 Å². The lowest BCUT2D eigenvalue weighted by Crippen LogP contribution is -2.36. The number of halogens is 2. The lowest BCUT2D eigenvalue weighted by Gasteiger charge is -2.31. The first kappa shape index (κ1) is 27.0. The lowest BCUT2D eigenvalue weighted by atomic mass is 10.1. The molecule has 0 atom stereocenters. The first-order chi connectivity index (χ1) is 18.0. The van der Waals surface area contributed by atoms with Crippen molar-refractivity contribution in [2.24, 2.45) is 5.10 Å². The Kier molecular flexibility index (Phi) is 9.50. The minimum atomic E-state index is -0.454. The van der Waals surface area contributed by atoms with Gasteiger partial charge in [-0.25, -0.2) is 10.2 Å². The second-order valence-electron chi connectivity index (χ2n) is 8.86. The van der Waals surface area contributed by atoms with Crippen molar-refractivity contribution in [3.05, 3.63) is 74.9 Å². The van der Waals surface area contributed by atoms with Crippen LogP contribution in [0, 0.1) is 0 Å². The summed E-state index contributed by atoms with van der Waals surface area (Å²) in [5.41, 5.74) is 9.06. The Morgan fingerprint density at radius 2 is 1.78 bits per heavy atom. The third-order valence-electron chi connectivity index (χ3n) is 6.53. The van der Waals surface area contributed by atoms with Gasteiger partial charge in [0.1, 0.15) is 0 Å². The maximum atomic E-state index is 12.3. The fourth-order valence-corrected chi connectivity index (χ4v) is 4.94. The summed E-state index contributed by atoms with van der Waals surface area (Å²) in [6.07, 6.45) is 5.79. The SMILES string of the molecule is CCN(CC)c1ccc(/C=C2\CCC(/C=N/NC(=O)Nc3ccc(Cl)c(Cl)c3)=C2N2CCOCC2)cc1. The molecule has 0 aromatic heterocycles. The van der Waals surface area contributed by atoms with E-state index < -0.39 is 6.03 Å². The topological polar surface area (TPSA) is 69.2 Å². The summed E-state index contributed by atoms with van der Waals surface area (Å²) >= 11 is 12.0. The molecule has 1 saturated heterocycles. The number of rotatable bonds is 8. The lowest BCUT2D eigenvalue weighted by molar-refractivity contribution is 0.0548. The summed E-state index contributed by atoms with van der Waals surface area (Å²) in [6, 6.07) is 13.2. The van der Waals surface area contributed by atoms with Gasteiger partial charge in [0.05, 0.1) is 29.5 Å². The van der Waals surface area contributed by atoms with Crippen molar-refractivity contribution in [3.8, 4) is 0 Å². The number of allylic oxidation sites excluding steroid dienone is 2. The first-order valence-electron chi connectivity index (χ1n) is 12.7. The molecule has 1 aliphatic heterocycles. The maximum absolute atomic E-state index is 12.3. The summed E-state index contributed by atoms with van der Waals surface area (Å²) in [6.45, 7) is 9.38. The zero-order chi connectivity index (χ0) is 26.2. The Labute approximate surface area is 228 Å². The van der Waals surface area contributed by atoms with Gasteiger partial charge in [0.15, 0.2) is 0 Å². The normalized spacial score (nSPS) is 17.1. The van der Waals surface area contributed by atoms with Crippen LogP contribution in [0.1, 0.15) is 32.3 Å². The van der Waals surface area contributed by atoms with E-state index >= 15 is 0 Å². The van der Waals surface area contributed by atoms with Crippen LogP contribution in [-0.4, -0.2) is 56.5 Å². The molecule has 4 rings (SSSR count). The summed E-state index contributed by atoms with van der Waals surface area (Å²) in [5, 5.41) is 7.74. The molecule has 2 amide bonds. The van der Waals surface area contributed by atoms with Gasteiger partial charge in [-0.3, -0.25) is 0 Å². The Bertz CT molecular complexity index is 1180. The van der Waals surface area contributed by atoms with E-state index in [0.717, 1.165) is 44.6 Å². The number of nitrogens with one attached hydrogen (secondary N) is 2. The average Bonchev–Trinajstić information content (AvgIpc) is 3.30. The van der Waals surface area contributed by atoms with E-state index in [1.54, 1.807) is 24.4 Å². The molecule has 7 nitrogen and oxygen atoms in total. The Balaban J connectivity index is 1.50. The molecule has 0 radical (unpaired) electrons. The van der Waals surface area contributed by atoms with Gasteiger partial charge in [-0.2, -0.15) is 5.10 Å². The quantitative estimate of drug-likeness (QED) is 0.299. The molecule has 2 N–H and O–H groups in total. The number of carbonyl (C=O) groups excluding carboxylic acids is 1. The van der Waals surface area contributed by atoms with Crippen molar-refractivity contribution < 1.29 is 9.53 Å². The van der Waals surface area contributed by atoms with Crippen LogP contribution in [0.5, 0.6) is 0 Å². The smallest absolute Gasteiger partial charge is 0.339 e. The molecule has 0 unspecified atom stereocenters. The predicted octanol–water partition coefficient (Wildman–Crippen LogP) is 6.41. The van der Waals surface area contributed by atoms with Gasteiger partial charge < -0.3 is 19.9 Å². The van der Waals surface area contributed by atoms with Gasteiger partial charge in [0, 0.05) is 43.3 Å². The fraction of sp³-hybridized carbons (Fsp3) is 0.357. The fourth-order valence-electron chi connectivity index (χ4n) is 4.64. The highest BCUT2D eigenvalue weighted by atomic mass is 35.5. The van der Waals surface area contributed by atoms with Gasteiger partial charge in [-0.05, 0) is 79.8 Å². The highest BCUT2D eigenvalue weighted by molar-refractivity contribution is 6.42. The van der Waals surface area contributed by atoms with Crippen LogP contribution >= 0.6 is 23.2 Å². The van der Waals surface area contributed by atoms with Crippen LogP contribution in [0.4, 0.5) is 16.2 Å². The number of amides is 2. The van der Waals surface area contributed by atoms with E-state index in [0.29, 0.717) is 28.9 Å². The molecule has 2 aromatic carbocycles. The van der Waals surface area contributed by atoms with Crippen LogP contribution < -0.4 is 15.6 Å². The minimum Gasteiger partial charge on any atom is -0.378 e. The second kappa shape index (κ2) is 13.0. The molecule has 1 fully saturated rings. The number of urea groups is 1. The van der Waals surface area contributed by atoms with Crippen LogP contribution in [0.3, 0.4) is 0 Å². The number of ether oxygens (including phenoxy) is 1. The molecule has 2 aromatic rings. The molecule has 0 spiro atoms. The number of hydrogen-bond donors (Lipinski definition) is 2. The summed E-state index contributed by atoms with van der Waals surface area (Å²) in [4.78, 5) is 17.0. The average molecular weight is 543 g/mol. The highest BCUT2D eigenvalue weighted by Crippen LogP contribution is 2.35. The van der Waals surface area contributed by atoms with Gasteiger partial charge in [-0.1, -0.05) is 35.3 Å². The molecular weight excluding hydrogens is 509 g/mol. The maximum Gasteiger partial charge on any atom is 0.339 e. The van der Waals surface area contributed by atoms with Gasteiger partial charge in [0.25, 0.3) is 0 Å². The predicted molar refractivity (Wildman–Crippen MR) is 154 cm³/mol. The van der Waals surface area contributed by atoms with Crippen LogP contribution in [0.2, 0.25) is 10.0 Å². The van der Waals surface area contributed by atoms with Crippen molar-refractivity contribution in [2.75, 3.05) is 49.6 Å². The van der Waals surface area contributed by atoms with Gasteiger partial charge in [-0.15, -0.1) is 0 Å². The number of benzene rings is 2. The molecule has 0 saturated carbocycles. The zero-order valence-electron chi connectivity index (χ0n) is 21.3. The molecule has 0 bridgehead atoms. The van der Waals surface area contributed by atoms with E-state index in [-0.39, 0.29) is 0 Å². The second-order valence-corrected chi connectivity index (χ2v) is 9.67. The molecule has 2 aliphatic rings. The minimum absolute atomic E-state index is 0.372. The van der Waals surface area contributed by atoms with E-state index in [1.165, 1.54) is 22.5 Å². The highest BCUT2D eigenvalue weighted by Gasteiger charge is 2.25. The van der Waals surface area contributed by atoms with E-state index in [4.69, 9.17) is 27.9 Å². The first-order valence-corrected chi connectivity index (χ1v) is 13.4. The van der Waals surface area contributed by atoms with E-state index in [1.807, 2.05) is 0 Å². The number of anilines is 2. The Morgan fingerprint density at radius 1 is 1.05 bits per heavy atom. The third-order valence-corrected chi connectivity index (χ3v) is 7.26. The molecule has 196 valence electrons. The van der Waals surface area contributed by atoms with E-state index in [9.17, 15) is 4.79 Å².